The largest absolute Gasteiger partial charge is 0.530 e. The molecule has 0 saturated carbocycles. The number of amides is 2. The molecule has 2 aromatic rings. The minimum atomic E-state index is -1.38. The monoisotopic (exact) mass is 328 g/mol. The predicted molar refractivity (Wildman–Crippen MR) is 85.5 cm³/mol. The highest BCUT2D eigenvalue weighted by atomic mass is 16.5. The van der Waals surface area contributed by atoms with Gasteiger partial charge in [-0.2, -0.15) is 0 Å². The van der Waals surface area contributed by atoms with Crippen molar-refractivity contribution in [1.82, 2.24) is 15.6 Å². The number of ether oxygens (including phenoxy) is 1. The van der Waals surface area contributed by atoms with E-state index in [4.69, 9.17) is 4.74 Å². The van der Waals surface area contributed by atoms with E-state index in [0.29, 0.717) is 12.4 Å². The average molecular weight is 328 g/mol. The molecule has 24 heavy (non-hydrogen) atoms. The number of benzene rings is 1. The van der Waals surface area contributed by atoms with Gasteiger partial charge in [-0.05, 0) is 24.6 Å². The molecule has 7 nitrogen and oxygen atoms in total. The maximum atomic E-state index is 12.1. The summed E-state index contributed by atoms with van der Waals surface area (Å²) in [5.74, 6) is -0.0712. The maximum Gasteiger partial charge on any atom is 0.273 e. The Balaban J connectivity index is 1.94. The van der Waals surface area contributed by atoms with E-state index in [9.17, 15) is 14.7 Å². The number of nitrogens with one attached hydrogen (secondary N) is 2. The molecule has 0 aliphatic rings. The Bertz CT molecular complexity index is 701. The van der Waals surface area contributed by atoms with Gasteiger partial charge in [0.1, 0.15) is 12.7 Å². The fraction of sp³-hybridized carbons (Fsp3) is 0.235. The molecule has 0 unspecified atom stereocenters. The van der Waals surface area contributed by atoms with Gasteiger partial charge in [0, 0.05) is 19.3 Å². The molecule has 1 aromatic carbocycles. The Morgan fingerprint density at radius 3 is 2.54 bits per heavy atom. The zero-order valence-corrected chi connectivity index (χ0v) is 13.2. The molecule has 1 heterocycles. The van der Waals surface area contributed by atoms with Crippen LogP contribution >= 0.6 is 0 Å². The molecule has 0 fully saturated rings. The molecule has 0 atom stereocenters. The lowest BCUT2D eigenvalue weighted by molar-refractivity contribution is -0.250. The first-order chi connectivity index (χ1) is 11.6. The van der Waals surface area contributed by atoms with Crippen molar-refractivity contribution in [2.24, 2.45) is 0 Å². The first-order valence-corrected chi connectivity index (χ1v) is 7.42. The van der Waals surface area contributed by atoms with Crippen molar-refractivity contribution >= 4 is 12.0 Å². The van der Waals surface area contributed by atoms with Crippen molar-refractivity contribution in [1.29, 1.82) is 0 Å². The van der Waals surface area contributed by atoms with Gasteiger partial charge in [0.2, 0.25) is 0 Å². The summed E-state index contributed by atoms with van der Waals surface area (Å²) < 4.78 is 5.69. The number of hydrogen-bond acceptors (Lipinski definition) is 5. The number of carbonyl (C=O) groups excluding carboxylic acids is 2. The number of aromatic nitrogens is 1. The maximum absolute atomic E-state index is 12.1. The van der Waals surface area contributed by atoms with Crippen LogP contribution in [-0.2, 0) is 6.61 Å². The smallest absolute Gasteiger partial charge is 0.273 e. The summed E-state index contributed by atoms with van der Waals surface area (Å²) in [6.07, 6.45) is 0.108. The van der Waals surface area contributed by atoms with E-state index in [1.807, 2.05) is 31.2 Å². The van der Waals surface area contributed by atoms with Gasteiger partial charge in [-0.1, -0.05) is 29.8 Å². The van der Waals surface area contributed by atoms with E-state index < -0.39 is 12.0 Å². The fourth-order valence-electron chi connectivity index (χ4n) is 1.95. The second kappa shape index (κ2) is 8.52. The summed E-state index contributed by atoms with van der Waals surface area (Å²) >= 11 is 0. The number of aryl methyl sites for hydroxylation is 1. The molecule has 0 aliphatic heterocycles. The third-order valence-corrected chi connectivity index (χ3v) is 3.18. The van der Waals surface area contributed by atoms with Gasteiger partial charge in [0.25, 0.3) is 5.91 Å². The Hall–Kier alpha value is -3.09. The van der Waals surface area contributed by atoms with Crippen LogP contribution in [0.15, 0.2) is 42.6 Å². The molecule has 0 bridgehead atoms. The summed E-state index contributed by atoms with van der Waals surface area (Å²) in [5, 5.41) is 14.9. The van der Waals surface area contributed by atoms with Crippen LogP contribution in [0.4, 0.5) is 4.79 Å². The SMILES string of the molecule is Cc1ccc(COc2cccnc2C(=O)NCCNC(=O)[O-])cc1. The zero-order valence-electron chi connectivity index (χ0n) is 13.2. The van der Waals surface area contributed by atoms with Gasteiger partial charge in [-0.3, -0.25) is 4.79 Å². The average Bonchev–Trinajstić information content (AvgIpc) is 2.58. The highest BCUT2D eigenvalue weighted by Gasteiger charge is 2.13. The van der Waals surface area contributed by atoms with Crippen LogP contribution in [-0.4, -0.2) is 30.1 Å². The van der Waals surface area contributed by atoms with Crippen LogP contribution in [0.2, 0.25) is 0 Å². The molecule has 0 aliphatic carbocycles. The molecule has 0 saturated heterocycles. The number of hydrogen-bond donors (Lipinski definition) is 2. The van der Waals surface area contributed by atoms with Crippen molar-refractivity contribution < 1.29 is 19.4 Å². The summed E-state index contributed by atoms with van der Waals surface area (Å²) in [6, 6.07) is 11.2. The third-order valence-electron chi connectivity index (χ3n) is 3.18. The number of rotatable bonds is 7. The highest BCUT2D eigenvalue weighted by molar-refractivity contribution is 5.94. The van der Waals surface area contributed by atoms with E-state index in [-0.39, 0.29) is 18.8 Å². The van der Waals surface area contributed by atoms with Crippen LogP contribution in [0.3, 0.4) is 0 Å². The number of pyridine rings is 1. The summed E-state index contributed by atoms with van der Waals surface area (Å²) in [7, 11) is 0. The molecule has 2 rings (SSSR count). The molecule has 126 valence electrons. The van der Waals surface area contributed by atoms with Crippen LogP contribution in [0.1, 0.15) is 21.6 Å². The second-order valence-corrected chi connectivity index (χ2v) is 5.09. The van der Waals surface area contributed by atoms with E-state index in [1.54, 1.807) is 12.1 Å². The van der Waals surface area contributed by atoms with Crippen LogP contribution < -0.4 is 20.5 Å². The van der Waals surface area contributed by atoms with Gasteiger partial charge in [-0.15, -0.1) is 0 Å². The first kappa shape index (κ1) is 17.3. The molecule has 0 radical (unpaired) electrons. The summed E-state index contributed by atoms with van der Waals surface area (Å²) in [5.41, 5.74) is 2.29. The van der Waals surface area contributed by atoms with Gasteiger partial charge in [0.05, 0.1) is 0 Å². The molecule has 7 heteroatoms. The molecule has 0 spiro atoms. The third kappa shape index (κ3) is 5.28. The van der Waals surface area contributed by atoms with Crippen LogP contribution in [0, 0.1) is 6.92 Å². The molecular weight excluding hydrogens is 310 g/mol. The standard InChI is InChI=1S/C17H19N3O4/c1-12-4-6-13(7-5-12)11-24-14-3-2-8-18-15(14)16(21)19-9-10-20-17(22)23/h2-8,20H,9-11H2,1H3,(H,19,21)(H,22,23)/p-1. The lowest BCUT2D eigenvalue weighted by Crippen LogP contribution is -2.41. The Labute approximate surface area is 139 Å². The summed E-state index contributed by atoms with van der Waals surface area (Å²) in [6.45, 7) is 2.50. The topological polar surface area (TPSA) is 103 Å². The van der Waals surface area contributed by atoms with Crippen molar-refractivity contribution in [3.8, 4) is 5.75 Å². The van der Waals surface area contributed by atoms with Crippen LogP contribution in [0.5, 0.6) is 5.75 Å². The van der Waals surface area contributed by atoms with Crippen LogP contribution in [0.25, 0.3) is 0 Å². The van der Waals surface area contributed by atoms with Gasteiger partial charge in [-0.25, -0.2) is 4.98 Å². The van der Waals surface area contributed by atoms with Gasteiger partial charge < -0.3 is 25.3 Å². The zero-order chi connectivity index (χ0) is 17.4. The first-order valence-electron chi connectivity index (χ1n) is 7.42. The Morgan fingerprint density at radius 2 is 1.83 bits per heavy atom. The quantitative estimate of drug-likeness (QED) is 0.726. The van der Waals surface area contributed by atoms with Crippen molar-refractivity contribution in [2.75, 3.05) is 13.1 Å². The van der Waals surface area contributed by atoms with E-state index >= 15 is 0 Å². The molecular formula is C17H18N3O4-. The minimum Gasteiger partial charge on any atom is -0.530 e. The normalized spacial score (nSPS) is 10.0. The van der Waals surface area contributed by atoms with Crippen molar-refractivity contribution in [2.45, 2.75) is 13.5 Å². The second-order valence-electron chi connectivity index (χ2n) is 5.09. The van der Waals surface area contributed by atoms with Gasteiger partial charge >= 0.3 is 0 Å². The summed E-state index contributed by atoms with van der Waals surface area (Å²) in [4.78, 5) is 26.4. The highest BCUT2D eigenvalue weighted by Crippen LogP contribution is 2.17. The lowest BCUT2D eigenvalue weighted by Gasteiger charge is -2.11. The van der Waals surface area contributed by atoms with Crippen molar-refractivity contribution in [3.63, 3.8) is 0 Å². The van der Waals surface area contributed by atoms with Crippen molar-refractivity contribution in [3.05, 3.63) is 59.4 Å². The Kier molecular flexibility index (Phi) is 6.13. The molecule has 1 aromatic heterocycles. The predicted octanol–water partition coefficient (Wildman–Crippen LogP) is 0.632. The number of nitrogens with zero attached hydrogens (tertiary/aromatic N) is 1. The Morgan fingerprint density at radius 1 is 1.12 bits per heavy atom. The van der Waals surface area contributed by atoms with E-state index in [1.165, 1.54) is 6.20 Å². The minimum absolute atomic E-state index is 0.0560. The molecule has 2 amide bonds. The van der Waals surface area contributed by atoms with E-state index in [0.717, 1.165) is 11.1 Å². The lowest BCUT2D eigenvalue weighted by atomic mass is 10.2. The molecule has 2 N–H and O–H groups in total. The fourth-order valence-corrected chi connectivity index (χ4v) is 1.95. The number of carbonyl (C=O) groups is 2. The van der Waals surface area contributed by atoms with E-state index in [2.05, 4.69) is 15.6 Å². The number of carboxylic acid groups (broad SMARTS) is 1. The van der Waals surface area contributed by atoms with Gasteiger partial charge in [0.15, 0.2) is 11.4 Å².